The molecule has 0 aromatic carbocycles. The molecule has 84 valence electrons. The molecular weight excluding hydrogens is 204 g/mol. The Morgan fingerprint density at radius 2 is 2.44 bits per heavy atom. The molecule has 3 rings (SSSR count). The average Bonchev–Trinajstić information content (AvgIpc) is 2.86. The van der Waals surface area contributed by atoms with Crippen molar-refractivity contribution in [3.8, 4) is 0 Å². The molecule has 1 atom stereocenters. The van der Waals surface area contributed by atoms with Crippen LogP contribution in [0, 0.1) is 6.92 Å². The van der Waals surface area contributed by atoms with Gasteiger partial charge in [-0.1, -0.05) is 5.16 Å². The van der Waals surface area contributed by atoms with Crippen LogP contribution in [-0.2, 0) is 0 Å². The number of nitrogens with two attached hydrogens (primary N) is 1. The highest BCUT2D eigenvalue weighted by molar-refractivity contribution is 5.90. The van der Waals surface area contributed by atoms with E-state index in [4.69, 9.17) is 10.3 Å². The van der Waals surface area contributed by atoms with Crippen LogP contribution in [0.4, 0.5) is 5.82 Å². The summed E-state index contributed by atoms with van der Waals surface area (Å²) in [6.07, 6.45) is 2.77. The van der Waals surface area contributed by atoms with Gasteiger partial charge in [-0.3, -0.25) is 0 Å². The van der Waals surface area contributed by atoms with E-state index in [1.165, 1.54) is 0 Å². The van der Waals surface area contributed by atoms with E-state index >= 15 is 0 Å². The van der Waals surface area contributed by atoms with Crippen LogP contribution in [-0.4, -0.2) is 29.3 Å². The van der Waals surface area contributed by atoms with E-state index in [1.54, 1.807) is 6.20 Å². The summed E-state index contributed by atoms with van der Waals surface area (Å²) in [6, 6.07) is 2.09. The smallest absolute Gasteiger partial charge is 0.172 e. The van der Waals surface area contributed by atoms with Gasteiger partial charge < -0.3 is 15.2 Å². The summed E-state index contributed by atoms with van der Waals surface area (Å²) in [5, 5.41) is 4.98. The lowest BCUT2D eigenvalue weighted by Crippen LogP contribution is -2.27. The highest BCUT2D eigenvalue weighted by Gasteiger charge is 2.23. The third-order valence-corrected chi connectivity index (χ3v) is 3.06. The zero-order valence-electron chi connectivity index (χ0n) is 9.18. The van der Waals surface area contributed by atoms with Crippen LogP contribution < -0.4 is 10.6 Å². The van der Waals surface area contributed by atoms with E-state index < -0.39 is 0 Å². The van der Waals surface area contributed by atoms with Gasteiger partial charge in [0.1, 0.15) is 5.82 Å². The maximum Gasteiger partial charge on any atom is 0.172 e. The number of rotatable bonds is 1. The summed E-state index contributed by atoms with van der Waals surface area (Å²) < 4.78 is 5.23. The van der Waals surface area contributed by atoms with Crippen molar-refractivity contribution in [1.29, 1.82) is 0 Å². The topological polar surface area (TPSA) is 68.2 Å². The molecule has 1 unspecified atom stereocenters. The van der Waals surface area contributed by atoms with Crippen LogP contribution in [0.3, 0.4) is 0 Å². The van der Waals surface area contributed by atoms with Gasteiger partial charge in [0.15, 0.2) is 5.58 Å². The summed E-state index contributed by atoms with van der Waals surface area (Å²) in [5.41, 5.74) is 7.59. The Morgan fingerprint density at radius 1 is 1.56 bits per heavy atom. The van der Waals surface area contributed by atoms with Crippen molar-refractivity contribution in [2.75, 3.05) is 18.0 Å². The van der Waals surface area contributed by atoms with Crippen LogP contribution in [0.15, 0.2) is 16.8 Å². The lowest BCUT2D eigenvalue weighted by atomic mass is 10.2. The van der Waals surface area contributed by atoms with Crippen molar-refractivity contribution < 1.29 is 4.52 Å². The van der Waals surface area contributed by atoms with Crippen LogP contribution in [0.5, 0.6) is 0 Å². The van der Waals surface area contributed by atoms with E-state index in [0.717, 1.165) is 42.0 Å². The normalized spacial score (nSPS) is 20.9. The molecule has 0 amide bonds. The van der Waals surface area contributed by atoms with Crippen molar-refractivity contribution in [2.45, 2.75) is 19.4 Å². The second kappa shape index (κ2) is 3.45. The number of aryl methyl sites for hydroxylation is 1. The molecule has 2 N–H and O–H groups in total. The monoisotopic (exact) mass is 218 g/mol. The number of hydrogen-bond acceptors (Lipinski definition) is 5. The molecule has 0 aliphatic carbocycles. The van der Waals surface area contributed by atoms with Gasteiger partial charge in [0.2, 0.25) is 0 Å². The van der Waals surface area contributed by atoms with E-state index in [2.05, 4.69) is 15.0 Å². The maximum atomic E-state index is 5.91. The summed E-state index contributed by atoms with van der Waals surface area (Å²) in [7, 11) is 0. The molecule has 3 heterocycles. The van der Waals surface area contributed by atoms with Crippen LogP contribution in [0.25, 0.3) is 11.0 Å². The number of anilines is 1. The summed E-state index contributed by atoms with van der Waals surface area (Å²) >= 11 is 0. The molecule has 0 saturated carbocycles. The Hall–Kier alpha value is -1.62. The molecule has 0 spiro atoms. The van der Waals surface area contributed by atoms with Crippen molar-refractivity contribution >= 4 is 16.8 Å². The van der Waals surface area contributed by atoms with E-state index in [1.807, 2.05) is 13.0 Å². The summed E-state index contributed by atoms with van der Waals surface area (Å²) in [6.45, 7) is 3.75. The predicted molar refractivity (Wildman–Crippen MR) is 61.3 cm³/mol. The molecule has 1 saturated heterocycles. The largest absolute Gasteiger partial charge is 0.356 e. The quantitative estimate of drug-likeness (QED) is 0.775. The Morgan fingerprint density at radius 3 is 3.19 bits per heavy atom. The molecule has 1 aliphatic heterocycles. The number of pyridine rings is 1. The fraction of sp³-hybridized carbons (Fsp3) is 0.455. The highest BCUT2D eigenvalue weighted by atomic mass is 16.5. The number of fused-ring (bicyclic) bond motifs is 1. The van der Waals surface area contributed by atoms with Gasteiger partial charge in [0.25, 0.3) is 0 Å². The third-order valence-electron chi connectivity index (χ3n) is 3.06. The Bertz CT molecular complexity index is 522. The van der Waals surface area contributed by atoms with Gasteiger partial charge in [0.05, 0.1) is 11.1 Å². The molecule has 16 heavy (non-hydrogen) atoms. The molecule has 0 bridgehead atoms. The molecule has 2 aromatic rings. The molecule has 1 aliphatic rings. The van der Waals surface area contributed by atoms with Gasteiger partial charge in [-0.25, -0.2) is 4.98 Å². The third kappa shape index (κ3) is 1.36. The lowest BCUT2D eigenvalue weighted by Gasteiger charge is -2.17. The minimum absolute atomic E-state index is 0.247. The van der Waals surface area contributed by atoms with Crippen molar-refractivity contribution in [3.63, 3.8) is 0 Å². The van der Waals surface area contributed by atoms with Crippen LogP contribution >= 0.6 is 0 Å². The van der Waals surface area contributed by atoms with Gasteiger partial charge in [-0.15, -0.1) is 0 Å². The minimum Gasteiger partial charge on any atom is -0.356 e. The zero-order valence-corrected chi connectivity index (χ0v) is 9.18. The second-order valence-corrected chi connectivity index (χ2v) is 4.27. The van der Waals surface area contributed by atoms with Gasteiger partial charge >= 0.3 is 0 Å². The summed E-state index contributed by atoms with van der Waals surface area (Å²) in [4.78, 5) is 6.63. The number of aromatic nitrogens is 2. The van der Waals surface area contributed by atoms with E-state index in [0.29, 0.717) is 0 Å². The first-order valence-electron chi connectivity index (χ1n) is 5.47. The first-order valence-corrected chi connectivity index (χ1v) is 5.47. The second-order valence-electron chi connectivity index (χ2n) is 4.27. The van der Waals surface area contributed by atoms with E-state index in [-0.39, 0.29) is 6.04 Å². The van der Waals surface area contributed by atoms with Crippen molar-refractivity contribution in [3.05, 3.63) is 18.0 Å². The van der Waals surface area contributed by atoms with Crippen molar-refractivity contribution in [1.82, 2.24) is 10.1 Å². The van der Waals surface area contributed by atoms with Crippen LogP contribution in [0.1, 0.15) is 12.1 Å². The molecule has 0 radical (unpaired) electrons. The number of nitrogens with zero attached hydrogens (tertiary/aromatic N) is 3. The molecule has 2 aromatic heterocycles. The van der Waals surface area contributed by atoms with Crippen LogP contribution in [0.2, 0.25) is 0 Å². The Labute approximate surface area is 93.2 Å². The van der Waals surface area contributed by atoms with Gasteiger partial charge in [-0.2, -0.15) is 0 Å². The highest BCUT2D eigenvalue weighted by Crippen LogP contribution is 2.29. The Kier molecular flexibility index (Phi) is 2.07. The molecular formula is C11H14N4O. The van der Waals surface area contributed by atoms with E-state index in [9.17, 15) is 0 Å². The first-order chi connectivity index (χ1) is 7.75. The fourth-order valence-electron chi connectivity index (χ4n) is 2.23. The molecule has 5 nitrogen and oxygen atoms in total. The fourth-order valence-corrected chi connectivity index (χ4v) is 2.23. The predicted octanol–water partition coefficient (Wildman–Crippen LogP) is 1.07. The zero-order chi connectivity index (χ0) is 11.1. The Balaban J connectivity index is 2.12. The van der Waals surface area contributed by atoms with Gasteiger partial charge in [0, 0.05) is 31.4 Å². The van der Waals surface area contributed by atoms with Gasteiger partial charge in [-0.05, 0) is 13.3 Å². The maximum absolute atomic E-state index is 5.91. The number of hydrogen-bond donors (Lipinski definition) is 1. The first kappa shape index (κ1) is 9.59. The molecule has 5 heteroatoms. The molecule has 1 fully saturated rings. The standard InChI is InChI=1S/C11H14N4O/c1-7-10-9(16-14-7)2-4-13-11(10)15-5-3-8(12)6-15/h2,4,8H,3,5-6,12H2,1H3. The average molecular weight is 218 g/mol. The summed E-state index contributed by atoms with van der Waals surface area (Å²) in [5.74, 6) is 0.948. The lowest BCUT2D eigenvalue weighted by molar-refractivity contribution is 0.450. The minimum atomic E-state index is 0.247. The van der Waals surface area contributed by atoms with Crippen molar-refractivity contribution in [2.24, 2.45) is 5.73 Å². The SMILES string of the molecule is Cc1noc2ccnc(N3CCC(N)C3)c12.